The number of rotatable bonds is 3. The van der Waals surface area contributed by atoms with Gasteiger partial charge in [-0.15, -0.1) is 0 Å². The fraction of sp³-hybridized carbons (Fsp3) is 0.588. The van der Waals surface area contributed by atoms with Crippen LogP contribution in [0, 0.1) is 5.82 Å². The van der Waals surface area contributed by atoms with Gasteiger partial charge in [0, 0.05) is 13.1 Å². The molecule has 1 aromatic carbocycles. The lowest BCUT2D eigenvalue weighted by Gasteiger charge is -2.38. The number of hydrogen-bond acceptors (Lipinski definition) is 4. The molecule has 1 aromatic rings. The Bertz CT molecular complexity index is 548. The van der Waals surface area contributed by atoms with Crippen LogP contribution in [0.2, 0.25) is 0 Å². The average molecular weight is 325 g/mol. The molecule has 5 nitrogen and oxygen atoms in total. The van der Waals surface area contributed by atoms with Gasteiger partial charge in [0.2, 0.25) is 0 Å². The molecule has 1 fully saturated rings. The van der Waals surface area contributed by atoms with Crippen LogP contribution in [0.25, 0.3) is 0 Å². The topological polar surface area (TPSA) is 59.0 Å². The van der Waals surface area contributed by atoms with E-state index in [-0.39, 0.29) is 18.4 Å². The number of nitrogens with zero attached hydrogens (tertiary/aromatic N) is 1. The monoisotopic (exact) mass is 325 g/mol. The highest BCUT2D eigenvalue weighted by Gasteiger charge is 2.36. The zero-order valence-electron chi connectivity index (χ0n) is 13.8. The summed E-state index contributed by atoms with van der Waals surface area (Å²) in [6.07, 6.45) is 0.344. The Labute approximate surface area is 136 Å². The van der Waals surface area contributed by atoms with Gasteiger partial charge in [-0.25, -0.2) is 9.18 Å². The number of halogens is 1. The number of benzene rings is 1. The molecule has 0 spiro atoms. The third-order valence-electron chi connectivity index (χ3n) is 3.68. The van der Waals surface area contributed by atoms with Crippen molar-refractivity contribution in [2.45, 2.75) is 44.8 Å². The molecule has 0 saturated carbocycles. The van der Waals surface area contributed by atoms with Gasteiger partial charge in [-0.3, -0.25) is 0 Å². The summed E-state index contributed by atoms with van der Waals surface area (Å²) in [7, 11) is 0. The van der Waals surface area contributed by atoms with Crippen LogP contribution in [0.15, 0.2) is 24.3 Å². The summed E-state index contributed by atoms with van der Waals surface area (Å²) < 4.78 is 24.2. The minimum absolute atomic E-state index is 0.00388. The molecule has 0 unspecified atom stereocenters. The Kier molecular flexibility index (Phi) is 5.14. The molecule has 0 atom stereocenters. The highest BCUT2D eigenvalue weighted by Crippen LogP contribution is 2.25. The first kappa shape index (κ1) is 17.5. The molecule has 0 aromatic heterocycles. The number of amides is 1. The summed E-state index contributed by atoms with van der Waals surface area (Å²) in [5.74, 6) is -0.335. The van der Waals surface area contributed by atoms with Crippen molar-refractivity contribution in [3.05, 3.63) is 30.1 Å². The van der Waals surface area contributed by atoms with Crippen molar-refractivity contribution in [3.63, 3.8) is 0 Å². The first-order chi connectivity index (χ1) is 10.7. The zero-order chi connectivity index (χ0) is 17.1. The van der Waals surface area contributed by atoms with Crippen molar-refractivity contribution in [1.82, 2.24) is 4.90 Å². The van der Waals surface area contributed by atoms with Crippen LogP contribution < -0.4 is 4.74 Å². The predicted octanol–water partition coefficient (Wildman–Crippen LogP) is 2.97. The van der Waals surface area contributed by atoms with Crippen molar-refractivity contribution in [2.75, 3.05) is 19.7 Å². The summed E-state index contributed by atoms with van der Waals surface area (Å²) in [5.41, 5.74) is -1.61. The molecule has 1 aliphatic rings. The summed E-state index contributed by atoms with van der Waals surface area (Å²) >= 11 is 0. The van der Waals surface area contributed by atoms with Crippen molar-refractivity contribution in [3.8, 4) is 5.75 Å². The molecule has 1 saturated heterocycles. The summed E-state index contributed by atoms with van der Waals surface area (Å²) in [6.45, 7) is 6.20. The highest BCUT2D eigenvalue weighted by molar-refractivity contribution is 5.68. The fourth-order valence-corrected chi connectivity index (χ4v) is 2.35. The van der Waals surface area contributed by atoms with Crippen molar-refractivity contribution in [2.24, 2.45) is 0 Å². The Hall–Kier alpha value is -1.82. The standard InChI is InChI=1S/C17H24FNO4/c1-16(2,3)23-15(20)19-10-8-17(21,9-11-19)12-22-14-7-5-4-6-13(14)18/h4-7,21H,8-12H2,1-3H3. The maximum Gasteiger partial charge on any atom is 0.410 e. The lowest BCUT2D eigenvalue weighted by Crippen LogP contribution is -2.50. The summed E-state index contributed by atoms with van der Waals surface area (Å²) in [5, 5.41) is 10.5. The van der Waals surface area contributed by atoms with E-state index in [1.165, 1.54) is 12.1 Å². The van der Waals surface area contributed by atoms with Crippen molar-refractivity contribution < 1.29 is 23.8 Å². The van der Waals surface area contributed by atoms with Crippen LogP contribution in [0.5, 0.6) is 5.75 Å². The third kappa shape index (κ3) is 5.10. The second kappa shape index (κ2) is 6.74. The Balaban J connectivity index is 1.85. The maximum atomic E-state index is 13.5. The first-order valence-electron chi connectivity index (χ1n) is 7.76. The molecule has 2 rings (SSSR count). The number of hydrogen-bond donors (Lipinski definition) is 1. The third-order valence-corrected chi connectivity index (χ3v) is 3.68. The van der Waals surface area contributed by atoms with Gasteiger partial charge in [-0.1, -0.05) is 12.1 Å². The lowest BCUT2D eigenvalue weighted by molar-refractivity contribution is -0.0566. The molecule has 128 valence electrons. The van der Waals surface area contributed by atoms with Gasteiger partial charge in [0.05, 0.1) is 0 Å². The smallest absolute Gasteiger partial charge is 0.410 e. The number of carbonyl (C=O) groups excluding carboxylic acids is 1. The number of aliphatic hydroxyl groups is 1. The molecular weight excluding hydrogens is 301 g/mol. The van der Waals surface area contributed by atoms with E-state index < -0.39 is 17.0 Å². The predicted molar refractivity (Wildman–Crippen MR) is 83.9 cm³/mol. The highest BCUT2D eigenvalue weighted by atomic mass is 19.1. The van der Waals surface area contributed by atoms with Gasteiger partial charge in [-0.2, -0.15) is 0 Å². The van der Waals surface area contributed by atoms with Crippen LogP contribution in [0.3, 0.4) is 0 Å². The molecular formula is C17H24FNO4. The minimum Gasteiger partial charge on any atom is -0.488 e. The average Bonchev–Trinajstić information content (AvgIpc) is 2.45. The zero-order valence-corrected chi connectivity index (χ0v) is 13.8. The van der Waals surface area contributed by atoms with Gasteiger partial charge in [0.25, 0.3) is 0 Å². The molecule has 0 radical (unpaired) electrons. The van der Waals surface area contributed by atoms with Crippen LogP contribution in [-0.4, -0.2) is 47.0 Å². The quantitative estimate of drug-likeness (QED) is 0.928. The lowest BCUT2D eigenvalue weighted by atomic mass is 9.92. The second-order valence-corrected chi connectivity index (χ2v) is 6.91. The molecule has 23 heavy (non-hydrogen) atoms. The number of likely N-dealkylation sites (tertiary alicyclic amines) is 1. The van der Waals surface area contributed by atoms with Gasteiger partial charge in [0.1, 0.15) is 17.8 Å². The van der Waals surface area contributed by atoms with E-state index in [0.29, 0.717) is 25.9 Å². The molecule has 1 aliphatic heterocycles. The Morgan fingerprint density at radius 2 is 1.91 bits per heavy atom. The second-order valence-electron chi connectivity index (χ2n) is 6.91. The van der Waals surface area contributed by atoms with E-state index in [1.807, 2.05) is 20.8 Å². The van der Waals surface area contributed by atoms with Gasteiger partial charge < -0.3 is 19.5 Å². The normalized spacial score (nSPS) is 17.7. The fourth-order valence-electron chi connectivity index (χ4n) is 2.35. The largest absolute Gasteiger partial charge is 0.488 e. The van der Waals surface area contributed by atoms with Crippen LogP contribution in [-0.2, 0) is 4.74 Å². The van der Waals surface area contributed by atoms with Gasteiger partial charge >= 0.3 is 6.09 Å². The SMILES string of the molecule is CC(C)(C)OC(=O)N1CCC(O)(COc2ccccc2F)CC1. The molecule has 0 bridgehead atoms. The van der Waals surface area contributed by atoms with E-state index in [0.717, 1.165) is 0 Å². The number of piperidine rings is 1. The number of ether oxygens (including phenoxy) is 2. The van der Waals surface area contributed by atoms with Gasteiger partial charge in [-0.05, 0) is 45.7 Å². The van der Waals surface area contributed by atoms with E-state index in [1.54, 1.807) is 17.0 Å². The van der Waals surface area contributed by atoms with Crippen LogP contribution in [0.4, 0.5) is 9.18 Å². The molecule has 1 amide bonds. The van der Waals surface area contributed by atoms with Crippen molar-refractivity contribution >= 4 is 6.09 Å². The van der Waals surface area contributed by atoms with E-state index in [9.17, 15) is 14.3 Å². The van der Waals surface area contributed by atoms with Crippen LogP contribution >= 0.6 is 0 Å². The molecule has 6 heteroatoms. The Morgan fingerprint density at radius 1 is 1.30 bits per heavy atom. The molecule has 0 aliphatic carbocycles. The van der Waals surface area contributed by atoms with Crippen LogP contribution in [0.1, 0.15) is 33.6 Å². The number of carbonyl (C=O) groups is 1. The number of para-hydroxylation sites is 1. The molecule has 1 heterocycles. The van der Waals surface area contributed by atoms with E-state index in [4.69, 9.17) is 9.47 Å². The maximum absolute atomic E-state index is 13.5. The Morgan fingerprint density at radius 3 is 2.48 bits per heavy atom. The minimum atomic E-state index is -1.07. The summed E-state index contributed by atoms with van der Waals surface area (Å²) in [4.78, 5) is 13.6. The van der Waals surface area contributed by atoms with Crippen molar-refractivity contribution in [1.29, 1.82) is 0 Å². The first-order valence-corrected chi connectivity index (χ1v) is 7.76. The molecule has 1 N–H and O–H groups in total. The van der Waals surface area contributed by atoms with Gasteiger partial charge in [0.15, 0.2) is 11.6 Å². The van der Waals surface area contributed by atoms with E-state index in [2.05, 4.69) is 0 Å². The summed E-state index contributed by atoms with van der Waals surface area (Å²) in [6, 6.07) is 6.09. The van der Waals surface area contributed by atoms with E-state index >= 15 is 0 Å².